The minimum Gasteiger partial charge on any atom is -0.341 e. The van der Waals surface area contributed by atoms with Crippen LogP contribution in [-0.4, -0.2) is 46.7 Å². The lowest BCUT2D eigenvalue weighted by molar-refractivity contribution is -0.136. The van der Waals surface area contributed by atoms with Gasteiger partial charge in [0.25, 0.3) is 11.8 Å². The molecule has 0 spiro atoms. The molecule has 1 atom stereocenters. The fourth-order valence-corrected chi connectivity index (χ4v) is 4.24. The summed E-state index contributed by atoms with van der Waals surface area (Å²) in [5.74, 6) is -0.338. The Balaban J connectivity index is 1.38. The summed E-state index contributed by atoms with van der Waals surface area (Å²) in [5.41, 5.74) is 2.09. The van der Waals surface area contributed by atoms with Gasteiger partial charge in [-0.1, -0.05) is 42.5 Å². The molecular formula is C23H24N2O3. The highest BCUT2D eigenvalue weighted by molar-refractivity contribution is 6.22. The van der Waals surface area contributed by atoms with E-state index in [-0.39, 0.29) is 17.7 Å². The van der Waals surface area contributed by atoms with Gasteiger partial charge >= 0.3 is 0 Å². The van der Waals surface area contributed by atoms with Crippen molar-refractivity contribution in [1.82, 2.24) is 9.80 Å². The van der Waals surface area contributed by atoms with Gasteiger partial charge in [0.1, 0.15) is 6.04 Å². The van der Waals surface area contributed by atoms with Crippen LogP contribution < -0.4 is 0 Å². The normalized spacial score (nSPS) is 18.3. The molecular weight excluding hydrogens is 352 g/mol. The summed E-state index contributed by atoms with van der Waals surface area (Å²) in [6.07, 6.45) is 2.90. The van der Waals surface area contributed by atoms with Gasteiger partial charge in [-0.3, -0.25) is 19.3 Å². The number of rotatable bonds is 4. The molecule has 1 unspecified atom stereocenters. The number of piperidine rings is 1. The molecule has 28 heavy (non-hydrogen) atoms. The zero-order valence-corrected chi connectivity index (χ0v) is 16.0. The Hall–Kier alpha value is -2.95. The van der Waals surface area contributed by atoms with Crippen molar-refractivity contribution >= 4 is 17.7 Å². The first kappa shape index (κ1) is 18.4. The van der Waals surface area contributed by atoms with Crippen LogP contribution in [0.2, 0.25) is 0 Å². The van der Waals surface area contributed by atoms with E-state index in [0.29, 0.717) is 30.1 Å². The molecule has 2 heterocycles. The average molecular weight is 376 g/mol. The molecule has 0 N–H and O–H groups in total. The van der Waals surface area contributed by atoms with E-state index >= 15 is 0 Å². The third-order valence-corrected chi connectivity index (χ3v) is 5.86. The first-order valence-electron chi connectivity index (χ1n) is 9.86. The maximum absolute atomic E-state index is 13.0. The molecule has 0 saturated carbocycles. The molecule has 0 aliphatic carbocycles. The van der Waals surface area contributed by atoms with Crippen molar-refractivity contribution in [3.05, 3.63) is 71.3 Å². The van der Waals surface area contributed by atoms with Crippen LogP contribution in [0.25, 0.3) is 0 Å². The maximum atomic E-state index is 13.0. The number of imide groups is 1. The van der Waals surface area contributed by atoms with Gasteiger partial charge in [-0.2, -0.15) is 0 Å². The molecule has 2 aromatic carbocycles. The fourth-order valence-electron chi connectivity index (χ4n) is 4.24. The van der Waals surface area contributed by atoms with Gasteiger partial charge in [0.05, 0.1) is 11.1 Å². The molecule has 144 valence electrons. The van der Waals surface area contributed by atoms with E-state index in [0.717, 1.165) is 24.2 Å². The molecule has 5 heteroatoms. The third kappa shape index (κ3) is 3.33. The molecule has 5 nitrogen and oxygen atoms in total. The van der Waals surface area contributed by atoms with E-state index in [1.54, 1.807) is 36.1 Å². The van der Waals surface area contributed by atoms with E-state index in [1.807, 2.05) is 6.07 Å². The summed E-state index contributed by atoms with van der Waals surface area (Å²) in [6, 6.07) is 16.4. The lowest BCUT2D eigenvalue weighted by atomic mass is 9.90. The lowest BCUT2D eigenvalue weighted by Crippen LogP contribution is -2.51. The zero-order valence-electron chi connectivity index (χ0n) is 16.0. The molecule has 1 fully saturated rings. The summed E-state index contributed by atoms with van der Waals surface area (Å²) < 4.78 is 0. The summed E-state index contributed by atoms with van der Waals surface area (Å²) >= 11 is 0. The molecule has 3 amide bonds. The fraction of sp³-hybridized carbons (Fsp3) is 0.348. The number of amides is 3. The van der Waals surface area contributed by atoms with Crippen LogP contribution in [-0.2, 0) is 11.2 Å². The Labute approximate surface area is 164 Å². The average Bonchev–Trinajstić information content (AvgIpc) is 2.99. The molecule has 4 rings (SSSR count). The number of likely N-dealkylation sites (tertiary alicyclic amines) is 1. The van der Waals surface area contributed by atoms with Gasteiger partial charge in [0, 0.05) is 13.1 Å². The molecule has 2 aromatic rings. The predicted octanol–water partition coefficient (Wildman–Crippen LogP) is 3.15. The Morgan fingerprint density at radius 3 is 2.04 bits per heavy atom. The SMILES string of the molecule is CC(C(=O)N1CCC(Cc2ccccc2)CC1)N1C(=O)c2ccccc2C1=O. The number of fused-ring (bicyclic) bond motifs is 1. The number of carbonyl (C=O) groups is 3. The largest absolute Gasteiger partial charge is 0.341 e. The van der Waals surface area contributed by atoms with Gasteiger partial charge in [-0.15, -0.1) is 0 Å². The van der Waals surface area contributed by atoms with Gasteiger partial charge < -0.3 is 4.90 Å². The smallest absolute Gasteiger partial charge is 0.262 e. The number of carbonyl (C=O) groups excluding carboxylic acids is 3. The van der Waals surface area contributed by atoms with Crippen LogP contribution in [0, 0.1) is 5.92 Å². The van der Waals surface area contributed by atoms with Crippen molar-refractivity contribution in [3.63, 3.8) is 0 Å². The van der Waals surface area contributed by atoms with Crippen LogP contribution in [0.5, 0.6) is 0 Å². The predicted molar refractivity (Wildman–Crippen MR) is 106 cm³/mol. The summed E-state index contributed by atoms with van der Waals surface area (Å²) in [6.45, 7) is 2.99. The summed E-state index contributed by atoms with van der Waals surface area (Å²) in [5, 5.41) is 0. The van der Waals surface area contributed by atoms with E-state index in [1.165, 1.54) is 5.56 Å². The van der Waals surface area contributed by atoms with E-state index < -0.39 is 6.04 Å². The second-order valence-electron chi connectivity index (χ2n) is 7.66. The third-order valence-electron chi connectivity index (χ3n) is 5.86. The van der Waals surface area contributed by atoms with Gasteiger partial charge in [0.15, 0.2) is 0 Å². The molecule has 2 aliphatic heterocycles. The standard InChI is InChI=1S/C23H24N2O3/c1-16(25-22(27)19-9-5-6-10-20(19)23(25)28)21(26)24-13-11-18(12-14-24)15-17-7-3-2-4-8-17/h2-10,16,18H,11-15H2,1H3. The quantitative estimate of drug-likeness (QED) is 0.770. The molecule has 1 saturated heterocycles. The number of hydrogen-bond donors (Lipinski definition) is 0. The highest BCUT2D eigenvalue weighted by Crippen LogP contribution is 2.27. The first-order chi connectivity index (χ1) is 13.6. The van der Waals surface area contributed by atoms with Crippen LogP contribution >= 0.6 is 0 Å². The molecule has 0 aromatic heterocycles. The summed E-state index contributed by atoms with van der Waals surface area (Å²) in [4.78, 5) is 41.1. The Kier molecular flexibility index (Phi) is 4.99. The summed E-state index contributed by atoms with van der Waals surface area (Å²) in [7, 11) is 0. The Morgan fingerprint density at radius 2 is 1.46 bits per heavy atom. The highest BCUT2D eigenvalue weighted by Gasteiger charge is 2.42. The topological polar surface area (TPSA) is 57.7 Å². The van der Waals surface area contributed by atoms with Crippen molar-refractivity contribution in [2.75, 3.05) is 13.1 Å². The number of nitrogens with zero attached hydrogens (tertiary/aromatic N) is 2. The number of benzene rings is 2. The second kappa shape index (κ2) is 7.58. The van der Waals surface area contributed by atoms with Gasteiger partial charge in [-0.25, -0.2) is 0 Å². The van der Waals surface area contributed by atoms with Crippen molar-refractivity contribution in [3.8, 4) is 0 Å². The van der Waals surface area contributed by atoms with Crippen molar-refractivity contribution in [2.45, 2.75) is 32.2 Å². The second-order valence-corrected chi connectivity index (χ2v) is 7.66. The highest BCUT2D eigenvalue weighted by atomic mass is 16.2. The van der Waals surface area contributed by atoms with Gasteiger partial charge in [-0.05, 0) is 49.8 Å². The van der Waals surface area contributed by atoms with E-state index in [2.05, 4.69) is 24.3 Å². The molecule has 0 radical (unpaired) electrons. The van der Waals surface area contributed by atoms with Crippen molar-refractivity contribution < 1.29 is 14.4 Å². The maximum Gasteiger partial charge on any atom is 0.262 e. The molecule has 0 bridgehead atoms. The van der Waals surface area contributed by atoms with E-state index in [9.17, 15) is 14.4 Å². The van der Waals surface area contributed by atoms with Crippen LogP contribution in [0.4, 0.5) is 0 Å². The Bertz CT molecular complexity index is 866. The Morgan fingerprint density at radius 1 is 0.929 bits per heavy atom. The first-order valence-corrected chi connectivity index (χ1v) is 9.86. The zero-order chi connectivity index (χ0) is 19.7. The van der Waals surface area contributed by atoms with Gasteiger partial charge in [0.2, 0.25) is 5.91 Å². The van der Waals surface area contributed by atoms with Crippen LogP contribution in [0.1, 0.15) is 46.0 Å². The monoisotopic (exact) mass is 376 g/mol. The minimum atomic E-state index is -0.780. The minimum absolute atomic E-state index is 0.146. The molecule has 2 aliphatic rings. The lowest BCUT2D eigenvalue weighted by Gasteiger charge is -2.35. The van der Waals surface area contributed by atoms with Crippen molar-refractivity contribution in [1.29, 1.82) is 0 Å². The van der Waals surface area contributed by atoms with Crippen molar-refractivity contribution in [2.24, 2.45) is 5.92 Å². The van der Waals surface area contributed by atoms with E-state index in [4.69, 9.17) is 0 Å². The number of hydrogen-bond acceptors (Lipinski definition) is 3. The van der Waals surface area contributed by atoms with Crippen LogP contribution in [0.15, 0.2) is 54.6 Å². The van der Waals surface area contributed by atoms with Crippen LogP contribution in [0.3, 0.4) is 0 Å².